The molecule has 1 aromatic heterocycles. The number of nitrogens with one attached hydrogen (secondary N) is 2. The summed E-state index contributed by atoms with van der Waals surface area (Å²) in [6.45, 7) is 6.88. The minimum Gasteiger partial charge on any atom is -0.313 e. The first kappa shape index (κ1) is 16.5. The van der Waals surface area contributed by atoms with Crippen molar-refractivity contribution in [1.82, 2.24) is 19.8 Å². The van der Waals surface area contributed by atoms with E-state index >= 15 is 0 Å². The lowest BCUT2D eigenvalue weighted by Crippen LogP contribution is -2.30. The maximum Gasteiger partial charge on any atom is 0.260 e. The Labute approximate surface area is 127 Å². The van der Waals surface area contributed by atoms with Crippen LogP contribution in [0.3, 0.4) is 0 Å². The zero-order chi connectivity index (χ0) is 15.3. The first-order valence-corrected chi connectivity index (χ1v) is 9.26. The van der Waals surface area contributed by atoms with Crippen molar-refractivity contribution < 1.29 is 8.42 Å². The Morgan fingerprint density at radius 1 is 1.43 bits per heavy atom. The number of sulfonamides is 1. The Morgan fingerprint density at radius 2 is 2.24 bits per heavy atom. The second-order valence-electron chi connectivity index (χ2n) is 5.71. The summed E-state index contributed by atoms with van der Waals surface area (Å²) < 4.78 is 27.1. The van der Waals surface area contributed by atoms with Crippen LogP contribution in [-0.2, 0) is 16.6 Å². The van der Waals surface area contributed by atoms with Crippen molar-refractivity contribution in [2.24, 2.45) is 5.92 Å². The van der Waals surface area contributed by atoms with Gasteiger partial charge in [-0.05, 0) is 31.7 Å². The predicted molar refractivity (Wildman–Crippen MR) is 82.4 cm³/mol. The minimum absolute atomic E-state index is 0.253. The number of H-pyrrole nitrogens is 1. The third-order valence-electron chi connectivity index (χ3n) is 3.96. The average Bonchev–Trinajstić information content (AvgIpc) is 3.09. The second-order valence-corrected chi connectivity index (χ2v) is 7.58. The van der Waals surface area contributed by atoms with E-state index in [9.17, 15) is 8.42 Å². The summed E-state index contributed by atoms with van der Waals surface area (Å²) in [5.74, 6) is 0.495. The van der Waals surface area contributed by atoms with Gasteiger partial charge in [0.15, 0.2) is 5.03 Å². The molecule has 0 radical (unpaired) electrons. The van der Waals surface area contributed by atoms with E-state index < -0.39 is 10.0 Å². The molecule has 0 aliphatic carbocycles. The zero-order valence-corrected chi connectivity index (χ0v) is 13.7. The highest BCUT2D eigenvalue weighted by Crippen LogP contribution is 2.27. The van der Waals surface area contributed by atoms with Gasteiger partial charge in [0.25, 0.3) is 10.0 Å². The molecule has 21 heavy (non-hydrogen) atoms. The Bertz CT molecular complexity index is 541. The van der Waals surface area contributed by atoms with Crippen LogP contribution in [0.1, 0.15) is 45.1 Å². The molecule has 1 aromatic rings. The van der Waals surface area contributed by atoms with E-state index in [0.29, 0.717) is 25.6 Å². The molecule has 1 saturated heterocycles. The first-order valence-electron chi connectivity index (χ1n) is 7.82. The number of aromatic amines is 1. The lowest BCUT2D eigenvalue weighted by atomic mass is 10.0. The molecule has 0 aromatic carbocycles. The van der Waals surface area contributed by atoms with Crippen molar-refractivity contribution >= 4 is 10.0 Å². The molecule has 1 atom stereocenters. The normalized spacial score (nSPS) is 20.2. The summed E-state index contributed by atoms with van der Waals surface area (Å²) in [6.07, 6.45) is 5.79. The number of hydrogen-bond acceptors (Lipinski definition) is 4. The monoisotopic (exact) mass is 314 g/mol. The summed E-state index contributed by atoms with van der Waals surface area (Å²) in [5.41, 5.74) is 0.724. The van der Waals surface area contributed by atoms with Gasteiger partial charge in [-0.15, -0.1) is 0 Å². The molecule has 7 heteroatoms. The number of nitrogens with zero attached hydrogens (tertiary/aromatic N) is 2. The zero-order valence-electron chi connectivity index (χ0n) is 12.9. The SMILES string of the molecule is CCCNCc1cn[nH]c1S(=O)(=O)N1CCC(CCC)C1. The van der Waals surface area contributed by atoms with Crippen LogP contribution >= 0.6 is 0 Å². The maximum atomic E-state index is 12.7. The number of aromatic nitrogens is 2. The van der Waals surface area contributed by atoms with Crippen molar-refractivity contribution in [3.8, 4) is 0 Å². The lowest BCUT2D eigenvalue weighted by molar-refractivity contribution is 0.441. The molecule has 0 saturated carbocycles. The molecule has 2 rings (SSSR count). The smallest absolute Gasteiger partial charge is 0.260 e. The molecular weight excluding hydrogens is 288 g/mol. The molecule has 0 amide bonds. The Kier molecular flexibility index (Phi) is 5.78. The quantitative estimate of drug-likeness (QED) is 0.716. The van der Waals surface area contributed by atoms with Crippen molar-refractivity contribution in [1.29, 1.82) is 0 Å². The Hall–Kier alpha value is -0.920. The summed E-state index contributed by atoms with van der Waals surface area (Å²) in [6, 6.07) is 0. The molecule has 1 aliphatic heterocycles. The minimum atomic E-state index is -3.44. The van der Waals surface area contributed by atoms with Gasteiger partial charge in [-0.25, -0.2) is 8.42 Å². The molecule has 0 bridgehead atoms. The molecule has 1 aliphatic rings. The van der Waals surface area contributed by atoms with Crippen LogP contribution in [0.25, 0.3) is 0 Å². The predicted octanol–water partition coefficient (Wildman–Crippen LogP) is 1.72. The van der Waals surface area contributed by atoms with Gasteiger partial charge in [0.2, 0.25) is 0 Å². The highest BCUT2D eigenvalue weighted by molar-refractivity contribution is 7.89. The van der Waals surface area contributed by atoms with E-state index in [4.69, 9.17) is 0 Å². The van der Waals surface area contributed by atoms with Crippen LogP contribution in [0.2, 0.25) is 0 Å². The Morgan fingerprint density at radius 3 is 2.95 bits per heavy atom. The summed E-state index contributed by atoms with van der Waals surface area (Å²) in [5, 5.41) is 10.1. The van der Waals surface area contributed by atoms with Crippen LogP contribution in [0.15, 0.2) is 11.2 Å². The molecule has 6 nitrogen and oxygen atoms in total. The molecular formula is C14H26N4O2S. The van der Waals surface area contributed by atoms with Gasteiger partial charge in [-0.3, -0.25) is 5.10 Å². The third-order valence-corrected chi connectivity index (χ3v) is 5.84. The fourth-order valence-electron chi connectivity index (χ4n) is 2.84. The van der Waals surface area contributed by atoms with Crippen molar-refractivity contribution in [3.63, 3.8) is 0 Å². The number of hydrogen-bond donors (Lipinski definition) is 2. The fourth-order valence-corrected chi connectivity index (χ4v) is 4.47. The van der Waals surface area contributed by atoms with Crippen LogP contribution in [0, 0.1) is 5.92 Å². The van der Waals surface area contributed by atoms with Gasteiger partial charge in [0.1, 0.15) is 0 Å². The van der Waals surface area contributed by atoms with E-state index in [-0.39, 0.29) is 5.03 Å². The topological polar surface area (TPSA) is 78.1 Å². The van der Waals surface area contributed by atoms with E-state index in [1.807, 2.05) is 0 Å². The number of rotatable bonds is 8. The maximum absolute atomic E-state index is 12.7. The van der Waals surface area contributed by atoms with E-state index in [1.165, 1.54) is 0 Å². The molecule has 120 valence electrons. The van der Waals surface area contributed by atoms with Crippen molar-refractivity contribution in [3.05, 3.63) is 11.8 Å². The molecule has 0 spiro atoms. The third kappa shape index (κ3) is 3.84. The second kappa shape index (κ2) is 7.38. The van der Waals surface area contributed by atoms with E-state index in [1.54, 1.807) is 10.5 Å². The molecule has 1 unspecified atom stereocenters. The summed E-state index contributed by atoms with van der Waals surface area (Å²) in [4.78, 5) is 0. The fraction of sp³-hybridized carbons (Fsp3) is 0.786. The summed E-state index contributed by atoms with van der Waals surface area (Å²) in [7, 11) is -3.44. The van der Waals surface area contributed by atoms with Crippen LogP contribution in [0.4, 0.5) is 0 Å². The van der Waals surface area contributed by atoms with Crippen molar-refractivity contribution in [2.75, 3.05) is 19.6 Å². The molecule has 2 heterocycles. The van der Waals surface area contributed by atoms with Gasteiger partial charge >= 0.3 is 0 Å². The van der Waals surface area contributed by atoms with Gasteiger partial charge in [0.05, 0.1) is 6.20 Å². The molecule has 2 N–H and O–H groups in total. The van der Waals surface area contributed by atoms with Crippen LogP contribution < -0.4 is 5.32 Å². The first-order chi connectivity index (χ1) is 10.1. The van der Waals surface area contributed by atoms with Crippen LogP contribution in [-0.4, -0.2) is 42.6 Å². The lowest BCUT2D eigenvalue weighted by Gasteiger charge is -2.16. The largest absolute Gasteiger partial charge is 0.313 e. The van der Waals surface area contributed by atoms with Gasteiger partial charge in [0, 0.05) is 25.2 Å². The Balaban J connectivity index is 2.08. The highest BCUT2D eigenvalue weighted by atomic mass is 32.2. The molecule has 1 fully saturated rings. The standard InChI is InChI=1S/C14H26N4O2S/c1-3-5-12-6-8-18(11-12)21(19,20)14-13(10-16-17-14)9-15-7-4-2/h10,12,15H,3-9,11H2,1-2H3,(H,16,17). The summed E-state index contributed by atoms with van der Waals surface area (Å²) >= 11 is 0. The van der Waals surface area contributed by atoms with Gasteiger partial charge in [-0.1, -0.05) is 20.3 Å². The van der Waals surface area contributed by atoms with E-state index in [2.05, 4.69) is 29.4 Å². The van der Waals surface area contributed by atoms with Gasteiger partial charge in [-0.2, -0.15) is 9.40 Å². The van der Waals surface area contributed by atoms with E-state index in [0.717, 1.165) is 37.8 Å². The average molecular weight is 314 g/mol. The van der Waals surface area contributed by atoms with Crippen LogP contribution in [0.5, 0.6) is 0 Å². The van der Waals surface area contributed by atoms with Crippen molar-refractivity contribution in [2.45, 2.75) is 51.1 Å². The highest BCUT2D eigenvalue weighted by Gasteiger charge is 2.34. The van der Waals surface area contributed by atoms with Gasteiger partial charge < -0.3 is 5.32 Å².